The molecule has 1 amide bonds. The molecule has 1 aromatic rings. The molecule has 0 spiro atoms. The molecule has 0 saturated carbocycles. The summed E-state index contributed by atoms with van der Waals surface area (Å²) >= 11 is 11.7. The van der Waals surface area contributed by atoms with Crippen LogP contribution in [0.3, 0.4) is 0 Å². The van der Waals surface area contributed by atoms with Crippen molar-refractivity contribution < 1.29 is 9.53 Å². The number of hydrogen-bond acceptors (Lipinski definition) is 4. The quantitative estimate of drug-likeness (QED) is 0.586. The number of nitrogen functional groups attached to an aromatic ring is 1. The number of halogens is 2. The summed E-state index contributed by atoms with van der Waals surface area (Å²) in [6.45, 7) is 6.31. The molecule has 112 valence electrons. The molecule has 0 fully saturated rings. The first kappa shape index (κ1) is 16.7. The topological polar surface area (TPSA) is 76.4 Å². The van der Waals surface area contributed by atoms with E-state index in [1.807, 2.05) is 0 Å². The number of benzene rings is 1. The van der Waals surface area contributed by atoms with E-state index in [0.29, 0.717) is 34.5 Å². The van der Waals surface area contributed by atoms with Gasteiger partial charge in [-0.25, -0.2) is 4.79 Å². The van der Waals surface area contributed by atoms with Gasteiger partial charge in [-0.2, -0.15) is 0 Å². The molecule has 5 nitrogen and oxygen atoms in total. The van der Waals surface area contributed by atoms with Crippen molar-refractivity contribution in [3.8, 4) is 0 Å². The van der Waals surface area contributed by atoms with E-state index in [1.165, 1.54) is 0 Å². The number of anilines is 2. The molecule has 0 atom stereocenters. The molecule has 0 saturated heterocycles. The Bertz CT molecular complexity index is 487. The van der Waals surface area contributed by atoms with Crippen molar-refractivity contribution in [2.45, 2.75) is 26.4 Å². The van der Waals surface area contributed by atoms with Crippen molar-refractivity contribution in [1.82, 2.24) is 5.32 Å². The average molecular weight is 320 g/mol. The number of nitrogens with one attached hydrogen (secondary N) is 2. The summed E-state index contributed by atoms with van der Waals surface area (Å²) in [6.07, 6.45) is -0.457. The largest absolute Gasteiger partial charge is 0.444 e. The highest BCUT2D eigenvalue weighted by atomic mass is 35.5. The fourth-order valence-electron chi connectivity index (χ4n) is 1.39. The van der Waals surface area contributed by atoms with Gasteiger partial charge in [0.15, 0.2) is 0 Å². The minimum atomic E-state index is -0.508. The van der Waals surface area contributed by atoms with Crippen molar-refractivity contribution in [2.24, 2.45) is 0 Å². The summed E-state index contributed by atoms with van der Waals surface area (Å²) in [5, 5.41) is 6.52. The van der Waals surface area contributed by atoms with Gasteiger partial charge in [0.2, 0.25) is 0 Å². The van der Waals surface area contributed by atoms with E-state index in [-0.39, 0.29) is 0 Å². The van der Waals surface area contributed by atoms with Crippen molar-refractivity contribution in [2.75, 3.05) is 24.1 Å². The highest BCUT2D eigenvalue weighted by molar-refractivity contribution is 6.42. The van der Waals surface area contributed by atoms with E-state index in [4.69, 9.17) is 33.7 Å². The van der Waals surface area contributed by atoms with Crippen LogP contribution in [0.15, 0.2) is 12.1 Å². The Hall–Kier alpha value is -1.33. The highest BCUT2D eigenvalue weighted by Crippen LogP contribution is 2.30. The second kappa shape index (κ2) is 6.90. The lowest BCUT2D eigenvalue weighted by molar-refractivity contribution is 0.0530. The molecule has 0 unspecified atom stereocenters. The van der Waals surface area contributed by atoms with Crippen LogP contribution in [0, 0.1) is 0 Å². The molecular formula is C13H19Cl2N3O2. The number of amides is 1. The number of hydrogen-bond donors (Lipinski definition) is 3. The van der Waals surface area contributed by atoms with Gasteiger partial charge in [-0.15, -0.1) is 0 Å². The van der Waals surface area contributed by atoms with E-state index >= 15 is 0 Å². The van der Waals surface area contributed by atoms with Crippen molar-refractivity contribution >= 4 is 40.7 Å². The Kier molecular flexibility index (Phi) is 5.77. The van der Waals surface area contributed by atoms with Crippen LogP contribution in [0.5, 0.6) is 0 Å². The summed E-state index contributed by atoms with van der Waals surface area (Å²) in [5.74, 6) is 0. The van der Waals surface area contributed by atoms with Gasteiger partial charge in [-0.05, 0) is 32.9 Å². The molecule has 0 aromatic heterocycles. The summed E-state index contributed by atoms with van der Waals surface area (Å²) in [4.78, 5) is 11.4. The minimum absolute atomic E-state index is 0.397. The summed E-state index contributed by atoms with van der Waals surface area (Å²) in [7, 11) is 0. The van der Waals surface area contributed by atoms with Crippen LogP contribution in [0.25, 0.3) is 0 Å². The highest BCUT2D eigenvalue weighted by Gasteiger charge is 2.15. The van der Waals surface area contributed by atoms with Crippen LogP contribution < -0.4 is 16.4 Å². The predicted octanol–water partition coefficient (Wildman–Crippen LogP) is 3.51. The van der Waals surface area contributed by atoms with Gasteiger partial charge in [-0.1, -0.05) is 23.2 Å². The Morgan fingerprint density at radius 1 is 1.25 bits per heavy atom. The van der Waals surface area contributed by atoms with Gasteiger partial charge in [0.25, 0.3) is 0 Å². The molecule has 20 heavy (non-hydrogen) atoms. The van der Waals surface area contributed by atoms with Crippen LogP contribution in [-0.4, -0.2) is 24.8 Å². The van der Waals surface area contributed by atoms with E-state index in [2.05, 4.69) is 10.6 Å². The van der Waals surface area contributed by atoms with Gasteiger partial charge in [0.05, 0.1) is 21.4 Å². The number of alkyl carbamates (subject to hydrolysis) is 1. The minimum Gasteiger partial charge on any atom is -0.444 e. The number of nitrogens with two attached hydrogens (primary N) is 1. The van der Waals surface area contributed by atoms with Crippen LogP contribution >= 0.6 is 23.2 Å². The fourth-order valence-corrected chi connectivity index (χ4v) is 1.73. The molecule has 1 aromatic carbocycles. The Balaban J connectivity index is 2.38. The normalized spacial score (nSPS) is 11.1. The zero-order valence-corrected chi connectivity index (χ0v) is 13.2. The van der Waals surface area contributed by atoms with Gasteiger partial charge in [0.1, 0.15) is 5.60 Å². The molecule has 7 heteroatoms. The number of ether oxygens (including phenoxy) is 1. The zero-order chi connectivity index (χ0) is 15.3. The standard InChI is InChI=1S/C13H19Cl2N3O2/c1-13(2,3)20-12(19)18-5-4-17-11-7-9(15)8(14)6-10(11)16/h6-7,17H,4-5,16H2,1-3H3,(H,18,19). The Morgan fingerprint density at radius 2 is 1.85 bits per heavy atom. The molecular weight excluding hydrogens is 301 g/mol. The molecule has 0 aliphatic carbocycles. The lowest BCUT2D eigenvalue weighted by Gasteiger charge is -2.19. The summed E-state index contributed by atoms with van der Waals surface area (Å²) in [5.41, 5.74) is 6.46. The molecule has 4 N–H and O–H groups in total. The first-order valence-electron chi connectivity index (χ1n) is 6.14. The maximum Gasteiger partial charge on any atom is 0.407 e. The molecule has 0 heterocycles. The van der Waals surface area contributed by atoms with Crippen molar-refractivity contribution in [1.29, 1.82) is 0 Å². The van der Waals surface area contributed by atoms with Crippen LogP contribution in [0.4, 0.5) is 16.2 Å². The van der Waals surface area contributed by atoms with Crippen molar-refractivity contribution in [3.63, 3.8) is 0 Å². The third-order valence-electron chi connectivity index (χ3n) is 2.20. The molecule has 0 bridgehead atoms. The van der Waals surface area contributed by atoms with Gasteiger partial charge in [-0.3, -0.25) is 0 Å². The first-order valence-corrected chi connectivity index (χ1v) is 6.90. The monoisotopic (exact) mass is 319 g/mol. The van der Waals surface area contributed by atoms with E-state index < -0.39 is 11.7 Å². The van der Waals surface area contributed by atoms with Gasteiger partial charge >= 0.3 is 6.09 Å². The number of carbonyl (C=O) groups is 1. The predicted molar refractivity (Wildman–Crippen MR) is 83.6 cm³/mol. The maximum atomic E-state index is 11.4. The third kappa shape index (κ3) is 5.75. The number of carbonyl (C=O) groups excluding carboxylic acids is 1. The molecule has 1 rings (SSSR count). The summed E-state index contributed by atoms with van der Waals surface area (Å²) in [6, 6.07) is 3.22. The zero-order valence-electron chi connectivity index (χ0n) is 11.7. The second-order valence-electron chi connectivity index (χ2n) is 5.21. The molecule has 0 radical (unpaired) electrons. The molecule has 0 aliphatic heterocycles. The van der Waals surface area contributed by atoms with E-state index in [9.17, 15) is 4.79 Å². The smallest absolute Gasteiger partial charge is 0.407 e. The maximum absolute atomic E-state index is 11.4. The lowest BCUT2D eigenvalue weighted by Crippen LogP contribution is -2.35. The van der Waals surface area contributed by atoms with Crippen LogP contribution in [-0.2, 0) is 4.74 Å². The van der Waals surface area contributed by atoms with Crippen LogP contribution in [0.1, 0.15) is 20.8 Å². The Morgan fingerprint density at radius 3 is 2.45 bits per heavy atom. The second-order valence-corrected chi connectivity index (χ2v) is 6.02. The lowest BCUT2D eigenvalue weighted by atomic mass is 10.2. The third-order valence-corrected chi connectivity index (χ3v) is 2.92. The van der Waals surface area contributed by atoms with Crippen LogP contribution in [0.2, 0.25) is 10.0 Å². The SMILES string of the molecule is CC(C)(C)OC(=O)NCCNc1cc(Cl)c(Cl)cc1N. The van der Waals surface area contributed by atoms with Crippen molar-refractivity contribution in [3.05, 3.63) is 22.2 Å². The van der Waals surface area contributed by atoms with E-state index in [0.717, 1.165) is 0 Å². The van der Waals surface area contributed by atoms with E-state index in [1.54, 1.807) is 32.9 Å². The van der Waals surface area contributed by atoms with Gasteiger partial charge in [0, 0.05) is 13.1 Å². The Labute approximate surface area is 128 Å². The fraction of sp³-hybridized carbons (Fsp3) is 0.462. The molecule has 0 aliphatic rings. The first-order chi connectivity index (χ1) is 9.19. The summed E-state index contributed by atoms with van der Waals surface area (Å²) < 4.78 is 5.11. The average Bonchev–Trinajstić information content (AvgIpc) is 2.28. The number of rotatable bonds is 4. The van der Waals surface area contributed by atoms with Gasteiger partial charge < -0.3 is 21.1 Å².